The molecule has 2 heterocycles. The largest absolute Gasteiger partial charge is 0.459 e. The monoisotopic (exact) mass is 282 g/mol. The van der Waals surface area contributed by atoms with E-state index in [0.29, 0.717) is 6.04 Å². The van der Waals surface area contributed by atoms with Gasteiger partial charge in [-0.25, -0.2) is 0 Å². The maximum atomic E-state index is 12.2. The third-order valence-corrected chi connectivity index (χ3v) is 4.40. The van der Waals surface area contributed by atoms with Crippen LogP contribution in [-0.4, -0.2) is 59.6 Å². The summed E-state index contributed by atoms with van der Waals surface area (Å²) >= 11 is 0. The van der Waals surface area contributed by atoms with E-state index in [9.17, 15) is 4.79 Å². The number of carbonyl (C=O) groups is 1. The van der Waals surface area contributed by atoms with E-state index in [1.54, 1.807) is 0 Å². The molecule has 0 spiro atoms. The third-order valence-electron chi connectivity index (χ3n) is 4.40. The van der Waals surface area contributed by atoms with Crippen LogP contribution in [0, 0.1) is 0 Å². The van der Waals surface area contributed by atoms with Gasteiger partial charge >= 0.3 is 5.97 Å². The SMILES string of the molecule is CC(C(=O)OC(C)(C)C)N1CCC(N2CCCCC2)C1. The average molecular weight is 282 g/mol. The highest BCUT2D eigenvalue weighted by Gasteiger charge is 2.34. The zero-order valence-electron chi connectivity index (χ0n) is 13.5. The number of carbonyl (C=O) groups excluding carboxylic acids is 1. The predicted molar refractivity (Wildman–Crippen MR) is 80.7 cm³/mol. The van der Waals surface area contributed by atoms with Crippen LogP contribution in [0.4, 0.5) is 0 Å². The van der Waals surface area contributed by atoms with Gasteiger partial charge in [0.1, 0.15) is 11.6 Å². The van der Waals surface area contributed by atoms with Gasteiger partial charge < -0.3 is 4.74 Å². The number of likely N-dealkylation sites (tertiary alicyclic amines) is 2. The average Bonchev–Trinajstić information content (AvgIpc) is 2.86. The van der Waals surface area contributed by atoms with Gasteiger partial charge in [-0.3, -0.25) is 14.6 Å². The highest BCUT2D eigenvalue weighted by molar-refractivity contribution is 5.75. The van der Waals surface area contributed by atoms with Crippen LogP contribution in [0.5, 0.6) is 0 Å². The van der Waals surface area contributed by atoms with Gasteiger partial charge in [-0.2, -0.15) is 0 Å². The van der Waals surface area contributed by atoms with Gasteiger partial charge in [0.05, 0.1) is 0 Å². The van der Waals surface area contributed by atoms with Crippen molar-refractivity contribution in [1.82, 2.24) is 9.80 Å². The summed E-state index contributed by atoms with van der Waals surface area (Å²) in [5.41, 5.74) is -0.392. The molecule has 4 heteroatoms. The van der Waals surface area contributed by atoms with Gasteiger partial charge in [0.25, 0.3) is 0 Å². The fraction of sp³-hybridized carbons (Fsp3) is 0.938. The molecule has 2 saturated heterocycles. The molecular weight excluding hydrogens is 252 g/mol. The second-order valence-electron chi connectivity index (χ2n) is 7.24. The van der Waals surface area contributed by atoms with Gasteiger partial charge in [-0.05, 0) is 60.0 Å². The van der Waals surface area contributed by atoms with E-state index in [4.69, 9.17) is 4.74 Å². The summed E-state index contributed by atoms with van der Waals surface area (Å²) < 4.78 is 5.50. The van der Waals surface area contributed by atoms with E-state index in [1.807, 2.05) is 27.7 Å². The highest BCUT2D eigenvalue weighted by Crippen LogP contribution is 2.22. The van der Waals surface area contributed by atoms with E-state index in [0.717, 1.165) is 13.1 Å². The predicted octanol–water partition coefficient (Wildman–Crippen LogP) is 2.28. The van der Waals surface area contributed by atoms with Gasteiger partial charge in [0.2, 0.25) is 0 Å². The summed E-state index contributed by atoms with van der Waals surface area (Å²) in [7, 11) is 0. The van der Waals surface area contributed by atoms with E-state index >= 15 is 0 Å². The fourth-order valence-electron chi connectivity index (χ4n) is 3.24. The van der Waals surface area contributed by atoms with Crippen molar-refractivity contribution in [3.63, 3.8) is 0 Å². The van der Waals surface area contributed by atoms with Crippen molar-refractivity contribution in [3.05, 3.63) is 0 Å². The van der Waals surface area contributed by atoms with Crippen LogP contribution in [0.15, 0.2) is 0 Å². The lowest BCUT2D eigenvalue weighted by atomic mass is 10.1. The molecule has 2 unspecified atom stereocenters. The Morgan fingerprint density at radius 1 is 1.15 bits per heavy atom. The minimum absolute atomic E-state index is 0.0863. The molecule has 0 aromatic carbocycles. The van der Waals surface area contributed by atoms with Gasteiger partial charge in [-0.15, -0.1) is 0 Å². The molecule has 0 N–H and O–H groups in total. The molecule has 0 bridgehead atoms. The van der Waals surface area contributed by atoms with Crippen molar-refractivity contribution in [3.8, 4) is 0 Å². The van der Waals surface area contributed by atoms with Crippen LogP contribution < -0.4 is 0 Å². The molecule has 0 aromatic rings. The smallest absolute Gasteiger partial charge is 0.323 e. The number of hydrogen-bond donors (Lipinski definition) is 0. The molecule has 0 aliphatic carbocycles. The molecule has 2 fully saturated rings. The molecule has 0 amide bonds. The van der Waals surface area contributed by atoms with E-state index < -0.39 is 5.60 Å². The molecule has 2 atom stereocenters. The van der Waals surface area contributed by atoms with Crippen LogP contribution in [0.1, 0.15) is 53.4 Å². The van der Waals surface area contributed by atoms with Crippen molar-refractivity contribution in [2.45, 2.75) is 71.1 Å². The van der Waals surface area contributed by atoms with Crippen LogP contribution in [0.2, 0.25) is 0 Å². The first kappa shape index (κ1) is 15.8. The van der Waals surface area contributed by atoms with Crippen molar-refractivity contribution >= 4 is 5.97 Å². The number of hydrogen-bond acceptors (Lipinski definition) is 4. The second kappa shape index (κ2) is 6.44. The molecule has 2 aliphatic heterocycles. The number of ether oxygens (including phenoxy) is 1. The zero-order chi connectivity index (χ0) is 14.8. The molecular formula is C16H30N2O2. The van der Waals surface area contributed by atoms with Crippen LogP contribution in [-0.2, 0) is 9.53 Å². The summed E-state index contributed by atoms with van der Waals surface area (Å²) in [6, 6.07) is 0.518. The fourth-order valence-corrected chi connectivity index (χ4v) is 3.24. The summed E-state index contributed by atoms with van der Waals surface area (Å²) in [5, 5.41) is 0. The van der Waals surface area contributed by atoms with Crippen molar-refractivity contribution < 1.29 is 9.53 Å². The lowest BCUT2D eigenvalue weighted by Gasteiger charge is -2.33. The number of nitrogens with zero attached hydrogens (tertiary/aromatic N) is 2. The Kier molecular flexibility index (Phi) is 5.08. The lowest BCUT2D eigenvalue weighted by molar-refractivity contribution is -0.160. The minimum atomic E-state index is -0.392. The minimum Gasteiger partial charge on any atom is -0.459 e. The Labute approximate surface area is 123 Å². The zero-order valence-corrected chi connectivity index (χ0v) is 13.5. The van der Waals surface area contributed by atoms with Crippen molar-refractivity contribution in [2.24, 2.45) is 0 Å². The molecule has 20 heavy (non-hydrogen) atoms. The third kappa shape index (κ3) is 4.19. The molecule has 4 nitrogen and oxygen atoms in total. The first-order chi connectivity index (χ1) is 9.37. The van der Waals surface area contributed by atoms with E-state index in [2.05, 4.69) is 9.80 Å². The summed E-state index contributed by atoms with van der Waals surface area (Å²) in [4.78, 5) is 17.1. The van der Waals surface area contributed by atoms with Crippen LogP contribution in [0.25, 0.3) is 0 Å². The Morgan fingerprint density at radius 3 is 2.40 bits per heavy atom. The quantitative estimate of drug-likeness (QED) is 0.744. The maximum Gasteiger partial charge on any atom is 0.323 e. The highest BCUT2D eigenvalue weighted by atomic mass is 16.6. The summed E-state index contributed by atoms with van der Waals surface area (Å²) in [5.74, 6) is -0.0863. The Morgan fingerprint density at radius 2 is 1.80 bits per heavy atom. The molecule has 0 radical (unpaired) electrons. The Hall–Kier alpha value is -0.610. The Bertz CT molecular complexity index is 332. The van der Waals surface area contributed by atoms with Crippen LogP contribution in [0.3, 0.4) is 0 Å². The topological polar surface area (TPSA) is 32.8 Å². The molecule has 0 aromatic heterocycles. The van der Waals surface area contributed by atoms with Gasteiger partial charge in [0.15, 0.2) is 0 Å². The molecule has 2 rings (SSSR count). The molecule has 2 aliphatic rings. The normalized spacial score (nSPS) is 27.5. The van der Waals surface area contributed by atoms with E-state index in [-0.39, 0.29) is 12.0 Å². The summed E-state index contributed by atoms with van der Waals surface area (Å²) in [6.07, 6.45) is 5.23. The summed E-state index contributed by atoms with van der Waals surface area (Å²) in [6.45, 7) is 12.3. The standard InChI is InChI=1S/C16H30N2O2/c1-13(15(19)20-16(2,3)4)18-11-8-14(12-18)17-9-6-5-7-10-17/h13-14H,5-12H2,1-4H3. The maximum absolute atomic E-state index is 12.2. The van der Waals surface area contributed by atoms with Crippen molar-refractivity contribution in [2.75, 3.05) is 26.2 Å². The van der Waals surface area contributed by atoms with E-state index in [1.165, 1.54) is 38.8 Å². The lowest BCUT2D eigenvalue weighted by Crippen LogP contribution is -2.45. The number of piperidine rings is 1. The first-order valence-electron chi connectivity index (χ1n) is 8.08. The molecule has 0 saturated carbocycles. The first-order valence-corrected chi connectivity index (χ1v) is 8.08. The van der Waals surface area contributed by atoms with Crippen molar-refractivity contribution in [1.29, 1.82) is 0 Å². The Balaban J connectivity index is 1.83. The number of rotatable bonds is 3. The van der Waals surface area contributed by atoms with Gasteiger partial charge in [0, 0.05) is 19.1 Å². The number of esters is 1. The molecule has 116 valence electrons. The second-order valence-corrected chi connectivity index (χ2v) is 7.24. The van der Waals surface area contributed by atoms with Gasteiger partial charge in [-0.1, -0.05) is 6.42 Å². The van der Waals surface area contributed by atoms with Crippen LogP contribution >= 0.6 is 0 Å².